The van der Waals surface area contributed by atoms with Crippen LogP contribution < -0.4 is 5.32 Å². The van der Waals surface area contributed by atoms with E-state index in [1.54, 1.807) is 0 Å². The van der Waals surface area contributed by atoms with Crippen molar-refractivity contribution in [2.75, 3.05) is 5.75 Å². The third kappa shape index (κ3) is 3.87. The van der Waals surface area contributed by atoms with Gasteiger partial charge < -0.3 is 9.88 Å². The van der Waals surface area contributed by atoms with Crippen LogP contribution in [-0.2, 0) is 11.8 Å². The zero-order chi connectivity index (χ0) is 18.0. The fourth-order valence-corrected chi connectivity index (χ4v) is 3.58. The number of benzene rings is 2. The summed E-state index contributed by atoms with van der Waals surface area (Å²) in [5.74, 6) is 0.370. The third-order valence-electron chi connectivity index (χ3n) is 4.49. The normalized spacial score (nSPS) is 12.3. The minimum absolute atomic E-state index is 0.00663. The van der Waals surface area contributed by atoms with Crippen molar-refractivity contribution in [1.82, 2.24) is 14.9 Å². The number of fused-ring (bicyclic) bond motifs is 1. The molecule has 0 fully saturated rings. The molecule has 2 aromatic carbocycles. The molecule has 0 saturated heterocycles. The van der Waals surface area contributed by atoms with Crippen molar-refractivity contribution >= 4 is 28.7 Å². The largest absolute Gasteiger partial charge is 0.349 e. The van der Waals surface area contributed by atoms with Crippen LogP contribution in [0.15, 0.2) is 47.6 Å². The van der Waals surface area contributed by atoms with Crippen LogP contribution in [-0.4, -0.2) is 21.2 Å². The van der Waals surface area contributed by atoms with Gasteiger partial charge in [0.15, 0.2) is 5.16 Å². The molecule has 0 aliphatic carbocycles. The highest BCUT2D eigenvalue weighted by atomic mass is 32.2. The van der Waals surface area contributed by atoms with Crippen molar-refractivity contribution in [2.45, 2.75) is 32.0 Å². The Hall–Kier alpha value is -2.27. The van der Waals surface area contributed by atoms with Crippen LogP contribution in [0.25, 0.3) is 11.0 Å². The summed E-state index contributed by atoms with van der Waals surface area (Å²) in [7, 11) is 1.98. The van der Waals surface area contributed by atoms with Crippen LogP contribution in [0.3, 0.4) is 0 Å². The molecule has 4 nitrogen and oxygen atoms in total. The van der Waals surface area contributed by atoms with E-state index in [1.165, 1.54) is 22.9 Å². The SMILES string of the molecule is Cc1ccc(C(C)NC(=O)CSc2nc3ccccc3n2C)cc1C. The molecule has 25 heavy (non-hydrogen) atoms. The van der Waals surface area contributed by atoms with Gasteiger partial charge in [-0.05, 0) is 49.6 Å². The van der Waals surface area contributed by atoms with Gasteiger partial charge in [-0.25, -0.2) is 4.98 Å². The highest BCUT2D eigenvalue weighted by Crippen LogP contribution is 2.23. The van der Waals surface area contributed by atoms with Gasteiger partial charge in [0.25, 0.3) is 0 Å². The summed E-state index contributed by atoms with van der Waals surface area (Å²) < 4.78 is 2.03. The lowest BCUT2D eigenvalue weighted by Crippen LogP contribution is -2.28. The molecule has 130 valence electrons. The summed E-state index contributed by atoms with van der Waals surface area (Å²) in [4.78, 5) is 16.9. The molecule has 5 heteroatoms. The molecule has 0 bridgehead atoms. The second-order valence-corrected chi connectivity index (χ2v) is 7.31. The average molecular weight is 353 g/mol. The number of nitrogens with one attached hydrogen (secondary N) is 1. The van der Waals surface area contributed by atoms with E-state index in [0.717, 1.165) is 21.8 Å². The molecule has 0 aliphatic heterocycles. The first-order valence-corrected chi connectivity index (χ1v) is 9.35. The second-order valence-electron chi connectivity index (χ2n) is 6.36. The quantitative estimate of drug-likeness (QED) is 0.701. The van der Waals surface area contributed by atoms with Gasteiger partial charge in [-0.15, -0.1) is 0 Å². The fraction of sp³-hybridized carbons (Fsp3) is 0.300. The van der Waals surface area contributed by atoms with E-state index in [1.807, 2.05) is 42.8 Å². The van der Waals surface area contributed by atoms with Crippen LogP contribution >= 0.6 is 11.8 Å². The molecule has 3 aromatic rings. The number of hydrogen-bond acceptors (Lipinski definition) is 3. The Balaban J connectivity index is 1.62. The lowest BCUT2D eigenvalue weighted by molar-refractivity contribution is -0.119. The molecule has 1 heterocycles. The summed E-state index contributed by atoms with van der Waals surface area (Å²) in [6, 6.07) is 14.3. The number of nitrogens with zero attached hydrogens (tertiary/aromatic N) is 2. The predicted molar refractivity (Wildman–Crippen MR) is 104 cm³/mol. The van der Waals surface area contributed by atoms with E-state index in [-0.39, 0.29) is 11.9 Å². The molecule has 0 aliphatic rings. The number of rotatable bonds is 5. The van der Waals surface area contributed by atoms with Gasteiger partial charge in [-0.1, -0.05) is 42.1 Å². The molecule has 0 saturated carbocycles. The monoisotopic (exact) mass is 353 g/mol. The van der Waals surface area contributed by atoms with Crippen LogP contribution in [0.1, 0.15) is 29.7 Å². The maximum Gasteiger partial charge on any atom is 0.230 e. The minimum atomic E-state index is -0.00663. The highest BCUT2D eigenvalue weighted by molar-refractivity contribution is 7.99. The first-order valence-electron chi connectivity index (χ1n) is 8.36. The van der Waals surface area contributed by atoms with Crippen molar-refractivity contribution in [1.29, 1.82) is 0 Å². The number of aryl methyl sites for hydroxylation is 3. The average Bonchev–Trinajstić information content (AvgIpc) is 2.92. The van der Waals surface area contributed by atoms with Crippen molar-refractivity contribution in [2.24, 2.45) is 7.05 Å². The van der Waals surface area contributed by atoms with Gasteiger partial charge >= 0.3 is 0 Å². The molecule has 1 aromatic heterocycles. The Bertz CT molecular complexity index is 916. The Kier molecular flexibility index (Phi) is 5.13. The maximum absolute atomic E-state index is 12.3. The summed E-state index contributed by atoms with van der Waals surface area (Å²) in [6.45, 7) is 6.20. The Morgan fingerprint density at radius 3 is 2.68 bits per heavy atom. The molecule has 1 N–H and O–H groups in total. The molecule has 3 rings (SSSR count). The van der Waals surface area contributed by atoms with E-state index in [9.17, 15) is 4.79 Å². The molecule has 1 atom stereocenters. The number of carbonyl (C=O) groups excluding carboxylic acids is 1. The van der Waals surface area contributed by atoms with Gasteiger partial charge in [0.05, 0.1) is 22.8 Å². The standard InChI is InChI=1S/C20H23N3OS/c1-13-9-10-16(11-14(13)2)15(3)21-19(24)12-25-20-22-17-7-5-6-8-18(17)23(20)4/h5-11,15H,12H2,1-4H3,(H,21,24). The van der Waals surface area contributed by atoms with E-state index in [4.69, 9.17) is 0 Å². The minimum Gasteiger partial charge on any atom is -0.349 e. The number of imidazole rings is 1. The van der Waals surface area contributed by atoms with Crippen LogP contribution in [0, 0.1) is 13.8 Å². The zero-order valence-corrected chi connectivity index (χ0v) is 15.9. The number of para-hydroxylation sites is 2. The maximum atomic E-state index is 12.3. The summed E-state index contributed by atoms with van der Waals surface area (Å²) in [5.41, 5.74) is 5.67. The van der Waals surface area contributed by atoms with Crippen molar-refractivity contribution in [3.63, 3.8) is 0 Å². The molecular weight excluding hydrogens is 330 g/mol. The number of thioether (sulfide) groups is 1. The third-order valence-corrected chi connectivity index (χ3v) is 5.52. The second kappa shape index (κ2) is 7.31. The Morgan fingerprint density at radius 2 is 1.96 bits per heavy atom. The number of hydrogen-bond donors (Lipinski definition) is 1. The first-order chi connectivity index (χ1) is 12.0. The number of amides is 1. The van der Waals surface area contributed by atoms with Gasteiger partial charge in [-0.3, -0.25) is 4.79 Å². The molecule has 1 unspecified atom stereocenters. The van der Waals surface area contributed by atoms with Gasteiger partial charge in [-0.2, -0.15) is 0 Å². The lowest BCUT2D eigenvalue weighted by Gasteiger charge is -2.15. The molecule has 0 radical (unpaired) electrons. The molecule has 0 spiro atoms. The van der Waals surface area contributed by atoms with E-state index < -0.39 is 0 Å². The van der Waals surface area contributed by atoms with E-state index in [2.05, 4.69) is 42.3 Å². The summed E-state index contributed by atoms with van der Waals surface area (Å²) in [6.07, 6.45) is 0. The van der Waals surface area contributed by atoms with Gasteiger partial charge in [0, 0.05) is 7.05 Å². The Labute approximate surface area is 152 Å². The number of carbonyl (C=O) groups is 1. The number of aromatic nitrogens is 2. The van der Waals surface area contributed by atoms with Crippen LogP contribution in [0.2, 0.25) is 0 Å². The lowest BCUT2D eigenvalue weighted by atomic mass is 10.0. The van der Waals surface area contributed by atoms with Crippen molar-refractivity contribution in [3.05, 3.63) is 59.2 Å². The first kappa shape index (κ1) is 17.5. The topological polar surface area (TPSA) is 46.9 Å². The van der Waals surface area contributed by atoms with Crippen molar-refractivity contribution in [3.8, 4) is 0 Å². The van der Waals surface area contributed by atoms with Crippen LogP contribution in [0.5, 0.6) is 0 Å². The Morgan fingerprint density at radius 1 is 1.20 bits per heavy atom. The smallest absolute Gasteiger partial charge is 0.230 e. The predicted octanol–water partition coefficient (Wildman–Crippen LogP) is 4.16. The summed E-state index contributed by atoms with van der Waals surface area (Å²) in [5, 5.41) is 3.93. The van der Waals surface area contributed by atoms with Gasteiger partial charge in [0.2, 0.25) is 5.91 Å². The summed E-state index contributed by atoms with van der Waals surface area (Å²) >= 11 is 1.46. The van der Waals surface area contributed by atoms with E-state index >= 15 is 0 Å². The highest BCUT2D eigenvalue weighted by Gasteiger charge is 2.13. The van der Waals surface area contributed by atoms with E-state index in [0.29, 0.717) is 5.75 Å². The van der Waals surface area contributed by atoms with Gasteiger partial charge in [0.1, 0.15) is 0 Å². The zero-order valence-electron chi connectivity index (χ0n) is 15.0. The van der Waals surface area contributed by atoms with Crippen molar-refractivity contribution < 1.29 is 4.79 Å². The fourth-order valence-electron chi connectivity index (χ4n) is 2.78. The molecule has 1 amide bonds. The molecular formula is C20H23N3OS. The van der Waals surface area contributed by atoms with Crippen LogP contribution in [0.4, 0.5) is 0 Å².